The molecule has 1 aromatic carbocycles. The normalized spacial score (nSPS) is 10.0. The van der Waals surface area contributed by atoms with E-state index in [9.17, 15) is 0 Å². The monoisotopic (exact) mass is 223 g/mol. The molecule has 0 heterocycles. The zero-order valence-electron chi connectivity index (χ0n) is 6.11. The molecule has 0 aliphatic carbocycles. The Balaban J connectivity index is 3.10. The van der Waals surface area contributed by atoms with Crippen molar-refractivity contribution in [3.8, 4) is 5.75 Å². The summed E-state index contributed by atoms with van der Waals surface area (Å²) in [7, 11) is 0. The summed E-state index contributed by atoms with van der Waals surface area (Å²) in [6, 6.07) is 3.14. The molecule has 0 bridgehead atoms. The van der Waals surface area contributed by atoms with E-state index < -0.39 is 0 Å². The van der Waals surface area contributed by atoms with Gasteiger partial charge in [-0.25, -0.2) is 0 Å². The predicted molar refractivity (Wildman–Crippen MR) is 52.3 cm³/mol. The fraction of sp³-hybridized carbons (Fsp3) is 0.125. The molecule has 0 saturated heterocycles. The van der Waals surface area contributed by atoms with Crippen LogP contribution >= 0.6 is 34.8 Å². The number of halogens is 3. The van der Waals surface area contributed by atoms with Crippen LogP contribution < -0.4 is 4.74 Å². The first-order valence-electron chi connectivity index (χ1n) is 3.21. The van der Waals surface area contributed by atoms with Crippen molar-refractivity contribution >= 4 is 34.8 Å². The Bertz CT molecular complexity index is 263. The molecule has 4 heteroatoms. The smallest absolute Gasteiger partial charge is 0.156 e. The van der Waals surface area contributed by atoms with Crippen LogP contribution in [0.3, 0.4) is 0 Å². The first-order chi connectivity index (χ1) is 5.65. The Hall–Kier alpha value is -0.110. The molecule has 1 aromatic rings. The maximum Gasteiger partial charge on any atom is 0.156 e. The zero-order chi connectivity index (χ0) is 9.14. The maximum atomic E-state index is 5.79. The van der Waals surface area contributed by atoms with Gasteiger partial charge in [0.15, 0.2) is 5.75 Å². The molecule has 0 unspecified atom stereocenters. The molecule has 1 nitrogen and oxygen atoms in total. The molecule has 0 atom stereocenters. The van der Waals surface area contributed by atoms with E-state index in [1.54, 1.807) is 12.1 Å². The SMILES string of the molecule is [CH2]COc1c(Cl)cc(Cl)cc1Cl. The highest BCUT2D eigenvalue weighted by Crippen LogP contribution is 2.35. The van der Waals surface area contributed by atoms with E-state index in [1.165, 1.54) is 0 Å². The Morgan fingerprint density at radius 1 is 1.17 bits per heavy atom. The fourth-order valence-corrected chi connectivity index (χ4v) is 1.69. The molecule has 0 amide bonds. The summed E-state index contributed by atoms with van der Waals surface area (Å²) >= 11 is 17.3. The van der Waals surface area contributed by atoms with Gasteiger partial charge >= 0.3 is 0 Å². The van der Waals surface area contributed by atoms with Crippen LogP contribution in [0.1, 0.15) is 0 Å². The van der Waals surface area contributed by atoms with Gasteiger partial charge in [0.25, 0.3) is 0 Å². The third-order valence-corrected chi connectivity index (χ3v) is 1.99. The molecule has 0 aliphatic heterocycles. The van der Waals surface area contributed by atoms with Crippen molar-refractivity contribution < 1.29 is 4.74 Å². The Labute approximate surface area is 86.2 Å². The lowest BCUT2D eigenvalue weighted by Gasteiger charge is -2.07. The molecule has 12 heavy (non-hydrogen) atoms. The van der Waals surface area contributed by atoms with E-state index in [-0.39, 0.29) is 6.61 Å². The van der Waals surface area contributed by atoms with Gasteiger partial charge in [0.2, 0.25) is 0 Å². The van der Waals surface area contributed by atoms with Crippen LogP contribution in [0.4, 0.5) is 0 Å². The topological polar surface area (TPSA) is 9.23 Å². The van der Waals surface area contributed by atoms with Crippen molar-refractivity contribution in [2.45, 2.75) is 0 Å². The van der Waals surface area contributed by atoms with E-state index in [0.717, 1.165) is 0 Å². The van der Waals surface area contributed by atoms with Crippen molar-refractivity contribution in [1.82, 2.24) is 0 Å². The molecule has 0 aromatic heterocycles. The number of hydrogen-bond donors (Lipinski definition) is 0. The summed E-state index contributed by atoms with van der Waals surface area (Å²) in [4.78, 5) is 0. The van der Waals surface area contributed by atoms with Crippen molar-refractivity contribution in [3.63, 3.8) is 0 Å². The highest BCUT2D eigenvalue weighted by atomic mass is 35.5. The number of rotatable bonds is 2. The van der Waals surface area contributed by atoms with Gasteiger partial charge in [-0.05, 0) is 19.1 Å². The van der Waals surface area contributed by atoms with Crippen LogP contribution in [0, 0.1) is 6.92 Å². The lowest BCUT2D eigenvalue weighted by atomic mass is 10.3. The standard InChI is InChI=1S/C8H6Cl3O/c1-2-12-8-6(10)3-5(9)4-7(8)11/h3-4H,1-2H2. The van der Waals surface area contributed by atoms with Crippen LogP contribution in [0.2, 0.25) is 15.1 Å². The summed E-state index contributed by atoms with van der Waals surface area (Å²) in [6.45, 7) is 3.79. The summed E-state index contributed by atoms with van der Waals surface area (Å²) < 4.78 is 5.09. The molecular weight excluding hydrogens is 218 g/mol. The predicted octanol–water partition coefficient (Wildman–Crippen LogP) is 3.86. The van der Waals surface area contributed by atoms with Gasteiger partial charge in [-0.3, -0.25) is 0 Å². The highest BCUT2D eigenvalue weighted by Gasteiger charge is 2.07. The van der Waals surface area contributed by atoms with Crippen molar-refractivity contribution in [2.24, 2.45) is 0 Å². The molecule has 0 aliphatic rings. The van der Waals surface area contributed by atoms with Crippen molar-refractivity contribution in [3.05, 3.63) is 34.1 Å². The average molecular weight is 224 g/mol. The minimum absolute atomic E-state index is 0.279. The largest absolute Gasteiger partial charge is 0.490 e. The summed E-state index contributed by atoms with van der Waals surface area (Å²) in [5.41, 5.74) is 0. The Morgan fingerprint density at radius 2 is 1.67 bits per heavy atom. The van der Waals surface area contributed by atoms with Gasteiger partial charge in [-0.2, -0.15) is 0 Å². The molecule has 0 N–H and O–H groups in total. The molecular formula is C8H6Cl3O. The third kappa shape index (κ3) is 2.19. The number of ether oxygens (including phenoxy) is 1. The van der Waals surface area contributed by atoms with Crippen LogP contribution in [-0.4, -0.2) is 6.61 Å². The fourth-order valence-electron chi connectivity index (χ4n) is 0.769. The lowest BCUT2D eigenvalue weighted by Crippen LogP contribution is -1.93. The second kappa shape index (κ2) is 4.22. The van der Waals surface area contributed by atoms with Crippen LogP contribution in [0.5, 0.6) is 5.75 Å². The molecule has 1 rings (SSSR count). The van der Waals surface area contributed by atoms with Gasteiger partial charge in [-0.15, -0.1) is 0 Å². The van der Waals surface area contributed by atoms with Gasteiger partial charge in [-0.1, -0.05) is 34.8 Å². The first-order valence-corrected chi connectivity index (χ1v) is 4.35. The number of benzene rings is 1. The third-order valence-electron chi connectivity index (χ3n) is 1.21. The van der Waals surface area contributed by atoms with Crippen LogP contribution in [0.15, 0.2) is 12.1 Å². The van der Waals surface area contributed by atoms with Crippen molar-refractivity contribution in [2.75, 3.05) is 6.61 Å². The molecule has 1 radical (unpaired) electrons. The van der Waals surface area contributed by atoms with Crippen LogP contribution in [0.25, 0.3) is 0 Å². The quantitative estimate of drug-likeness (QED) is 0.741. The summed E-state index contributed by atoms with van der Waals surface area (Å²) in [6.07, 6.45) is 0. The first kappa shape index (κ1) is 9.97. The van der Waals surface area contributed by atoms with Gasteiger partial charge in [0, 0.05) is 5.02 Å². The lowest BCUT2D eigenvalue weighted by molar-refractivity contribution is 0.361. The second-order valence-electron chi connectivity index (χ2n) is 2.05. The molecule has 65 valence electrons. The van der Waals surface area contributed by atoms with Gasteiger partial charge in [0.05, 0.1) is 16.7 Å². The zero-order valence-corrected chi connectivity index (χ0v) is 8.38. The van der Waals surface area contributed by atoms with E-state index >= 15 is 0 Å². The average Bonchev–Trinajstić information content (AvgIpc) is 1.96. The molecule has 0 saturated carbocycles. The van der Waals surface area contributed by atoms with Crippen molar-refractivity contribution in [1.29, 1.82) is 0 Å². The second-order valence-corrected chi connectivity index (χ2v) is 3.30. The molecule has 0 fully saturated rings. The summed E-state index contributed by atoms with van der Waals surface area (Å²) in [5.74, 6) is 0.428. The minimum Gasteiger partial charge on any atom is -0.490 e. The highest BCUT2D eigenvalue weighted by molar-refractivity contribution is 6.40. The van der Waals surface area contributed by atoms with Crippen LogP contribution in [-0.2, 0) is 0 Å². The maximum absolute atomic E-state index is 5.79. The van der Waals surface area contributed by atoms with E-state index in [2.05, 4.69) is 6.92 Å². The van der Waals surface area contributed by atoms with E-state index in [1.807, 2.05) is 0 Å². The minimum atomic E-state index is 0.279. The van der Waals surface area contributed by atoms with Gasteiger partial charge in [0.1, 0.15) is 0 Å². The van der Waals surface area contributed by atoms with E-state index in [0.29, 0.717) is 20.8 Å². The number of hydrogen-bond acceptors (Lipinski definition) is 1. The Morgan fingerprint density at radius 3 is 2.08 bits per heavy atom. The summed E-state index contributed by atoms with van der Waals surface area (Å²) in [5, 5.41) is 1.29. The van der Waals surface area contributed by atoms with E-state index in [4.69, 9.17) is 39.5 Å². The Kier molecular flexibility index (Phi) is 3.51. The molecule has 0 spiro atoms. The van der Waals surface area contributed by atoms with Gasteiger partial charge < -0.3 is 4.74 Å².